The molecule has 2 aromatic carbocycles. The first-order chi connectivity index (χ1) is 13.1. The minimum absolute atomic E-state index is 0.793. The van der Waals surface area contributed by atoms with E-state index in [-0.39, 0.29) is 0 Å². The van der Waals surface area contributed by atoms with Crippen LogP contribution >= 0.6 is 0 Å². The number of rotatable bonds is 2. The molecule has 0 bridgehead atoms. The molecule has 0 amide bonds. The molecule has 4 heteroatoms. The number of pyridine rings is 1. The van der Waals surface area contributed by atoms with Crippen LogP contribution in [0.4, 0.5) is 0 Å². The van der Waals surface area contributed by atoms with Crippen molar-refractivity contribution >= 4 is 21.9 Å². The predicted octanol–water partition coefficient (Wildman–Crippen LogP) is 5.67. The monoisotopic (exact) mass is 353 g/mol. The van der Waals surface area contributed by atoms with Crippen molar-refractivity contribution in [1.29, 1.82) is 0 Å². The molecule has 132 valence electrons. The number of fused-ring (bicyclic) bond motifs is 2. The molecule has 0 N–H and O–H groups in total. The Morgan fingerprint density at radius 1 is 0.926 bits per heavy atom. The summed E-state index contributed by atoms with van der Waals surface area (Å²) in [5, 5.41) is 6.96. The maximum atomic E-state index is 5.79. The highest BCUT2D eigenvalue weighted by molar-refractivity contribution is 5.95. The Morgan fingerprint density at radius 3 is 2.52 bits per heavy atom. The average molecular weight is 353 g/mol. The van der Waals surface area contributed by atoms with Crippen LogP contribution in [-0.2, 0) is 7.05 Å². The first-order valence-corrected chi connectivity index (χ1v) is 9.00. The van der Waals surface area contributed by atoms with Crippen LogP contribution in [0.5, 0.6) is 0 Å². The fraction of sp³-hybridized carbons (Fsp3) is 0.130. The lowest BCUT2D eigenvalue weighted by Gasteiger charge is -2.04. The van der Waals surface area contributed by atoms with Gasteiger partial charge in [0.05, 0.1) is 11.4 Å². The third kappa shape index (κ3) is 2.45. The molecular weight excluding hydrogens is 334 g/mol. The van der Waals surface area contributed by atoms with Crippen LogP contribution in [-0.4, -0.2) is 14.8 Å². The number of furan rings is 1. The Labute approximate surface area is 157 Å². The van der Waals surface area contributed by atoms with Gasteiger partial charge in [0.15, 0.2) is 5.58 Å². The maximum Gasteiger partial charge on any atom is 0.153 e. The van der Waals surface area contributed by atoms with E-state index in [0.29, 0.717) is 0 Å². The zero-order valence-electron chi connectivity index (χ0n) is 15.5. The molecule has 5 aromatic rings. The van der Waals surface area contributed by atoms with Gasteiger partial charge in [0, 0.05) is 23.9 Å². The zero-order chi connectivity index (χ0) is 18.5. The Morgan fingerprint density at radius 2 is 1.74 bits per heavy atom. The SMILES string of the molecule is Cc1nn(C)c(C)c1-c1ccc2occ(-c3ccc4ccccc4c3)c2n1. The van der Waals surface area contributed by atoms with Crippen LogP contribution in [0.3, 0.4) is 0 Å². The van der Waals surface area contributed by atoms with Crippen LogP contribution < -0.4 is 0 Å². The van der Waals surface area contributed by atoms with Gasteiger partial charge in [0.2, 0.25) is 0 Å². The van der Waals surface area contributed by atoms with Crippen LogP contribution in [0.25, 0.3) is 44.3 Å². The normalized spacial score (nSPS) is 11.5. The molecule has 0 unspecified atom stereocenters. The van der Waals surface area contributed by atoms with E-state index in [1.165, 1.54) is 10.8 Å². The van der Waals surface area contributed by atoms with Crippen molar-refractivity contribution in [3.05, 3.63) is 72.2 Å². The largest absolute Gasteiger partial charge is 0.462 e. The van der Waals surface area contributed by atoms with Crippen molar-refractivity contribution in [2.45, 2.75) is 13.8 Å². The summed E-state index contributed by atoms with van der Waals surface area (Å²) in [6, 6.07) is 18.8. The van der Waals surface area contributed by atoms with Gasteiger partial charge in [-0.2, -0.15) is 5.10 Å². The topological polar surface area (TPSA) is 43.9 Å². The quantitative estimate of drug-likeness (QED) is 0.411. The van der Waals surface area contributed by atoms with Gasteiger partial charge in [-0.05, 0) is 48.4 Å². The number of hydrogen-bond donors (Lipinski definition) is 0. The van der Waals surface area contributed by atoms with Crippen LogP contribution in [0, 0.1) is 13.8 Å². The van der Waals surface area contributed by atoms with E-state index in [1.54, 1.807) is 6.26 Å². The minimum Gasteiger partial charge on any atom is -0.462 e. The lowest BCUT2D eigenvalue weighted by atomic mass is 10.0. The molecule has 0 spiro atoms. The summed E-state index contributed by atoms with van der Waals surface area (Å²) in [4.78, 5) is 4.95. The molecule has 5 rings (SSSR count). The van der Waals surface area contributed by atoms with E-state index >= 15 is 0 Å². The molecule has 0 radical (unpaired) electrons. The van der Waals surface area contributed by atoms with E-state index in [1.807, 2.05) is 30.8 Å². The molecule has 0 fully saturated rings. The summed E-state index contributed by atoms with van der Waals surface area (Å²) in [5.41, 5.74) is 7.90. The van der Waals surface area contributed by atoms with Gasteiger partial charge in [0.25, 0.3) is 0 Å². The standard InChI is InChI=1S/C23H19N3O/c1-14-22(15(2)26(3)25-14)20-10-11-21-23(24-20)19(13-27-21)18-9-8-16-6-4-5-7-17(16)12-18/h4-13H,1-3H3. The highest BCUT2D eigenvalue weighted by atomic mass is 16.3. The first-order valence-electron chi connectivity index (χ1n) is 9.00. The summed E-state index contributed by atoms with van der Waals surface area (Å²) in [7, 11) is 1.96. The highest BCUT2D eigenvalue weighted by Crippen LogP contribution is 2.34. The lowest BCUT2D eigenvalue weighted by Crippen LogP contribution is -1.93. The molecule has 0 saturated carbocycles. The molecule has 3 heterocycles. The Balaban J connectivity index is 1.71. The van der Waals surface area contributed by atoms with Crippen molar-refractivity contribution in [2.24, 2.45) is 7.05 Å². The van der Waals surface area contributed by atoms with Gasteiger partial charge >= 0.3 is 0 Å². The molecule has 4 nitrogen and oxygen atoms in total. The molecule has 0 aliphatic carbocycles. The van der Waals surface area contributed by atoms with Gasteiger partial charge in [-0.1, -0.05) is 36.4 Å². The fourth-order valence-corrected chi connectivity index (χ4v) is 3.76. The third-order valence-corrected chi connectivity index (χ3v) is 5.24. The molecule has 27 heavy (non-hydrogen) atoms. The number of nitrogens with zero attached hydrogens (tertiary/aromatic N) is 3. The predicted molar refractivity (Wildman–Crippen MR) is 109 cm³/mol. The Hall–Kier alpha value is -3.40. The van der Waals surface area contributed by atoms with E-state index in [9.17, 15) is 0 Å². The van der Waals surface area contributed by atoms with E-state index in [2.05, 4.69) is 54.5 Å². The van der Waals surface area contributed by atoms with Gasteiger partial charge in [-0.15, -0.1) is 0 Å². The van der Waals surface area contributed by atoms with Crippen molar-refractivity contribution in [2.75, 3.05) is 0 Å². The van der Waals surface area contributed by atoms with Gasteiger partial charge in [0.1, 0.15) is 11.8 Å². The number of hydrogen-bond acceptors (Lipinski definition) is 3. The number of aromatic nitrogens is 3. The van der Waals surface area contributed by atoms with Gasteiger partial charge < -0.3 is 4.42 Å². The molecule has 0 aliphatic heterocycles. The summed E-state index contributed by atoms with van der Waals surface area (Å²) in [5.74, 6) is 0. The Bertz CT molecular complexity index is 1310. The van der Waals surface area contributed by atoms with E-state index in [0.717, 1.165) is 44.9 Å². The van der Waals surface area contributed by atoms with Crippen LogP contribution in [0.15, 0.2) is 65.3 Å². The second kappa shape index (κ2) is 5.81. The van der Waals surface area contributed by atoms with E-state index < -0.39 is 0 Å². The second-order valence-corrected chi connectivity index (χ2v) is 6.92. The zero-order valence-corrected chi connectivity index (χ0v) is 15.5. The molecule has 0 aliphatic rings. The van der Waals surface area contributed by atoms with Gasteiger partial charge in [-0.3, -0.25) is 4.68 Å². The minimum atomic E-state index is 0.793. The second-order valence-electron chi connectivity index (χ2n) is 6.92. The fourth-order valence-electron chi connectivity index (χ4n) is 3.76. The van der Waals surface area contributed by atoms with Crippen molar-refractivity contribution in [1.82, 2.24) is 14.8 Å². The lowest BCUT2D eigenvalue weighted by molar-refractivity contribution is 0.616. The van der Waals surface area contributed by atoms with Crippen molar-refractivity contribution in [3.63, 3.8) is 0 Å². The summed E-state index contributed by atoms with van der Waals surface area (Å²) < 4.78 is 7.69. The molecule has 3 aromatic heterocycles. The van der Waals surface area contributed by atoms with Crippen LogP contribution in [0.2, 0.25) is 0 Å². The first kappa shape index (κ1) is 15.8. The third-order valence-electron chi connectivity index (χ3n) is 5.24. The van der Waals surface area contributed by atoms with Crippen molar-refractivity contribution < 1.29 is 4.42 Å². The highest BCUT2D eigenvalue weighted by Gasteiger charge is 2.16. The molecular formula is C23H19N3O. The average Bonchev–Trinajstić information content (AvgIpc) is 3.21. The Kier molecular flexibility index (Phi) is 3.41. The molecule has 0 saturated heterocycles. The summed E-state index contributed by atoms with van der Waals surface area (Å²) in [6.07, 6.45) is 1.80. The smallest absolute Gasteiger partial charge is 0.153 e. The summed E-state index contributed by atoms with van der Waals surface area (Å²) in [6.45, 7) is 4.09. The number of benzene rings is 2. The maximum absolute atomic E-state index is 5.79. The van der Waals surface area contributed by atoms with E-state index in [4.69, 9.17) is 9.40 Å². The molecule has 0 atom stereocenters. The van der Waals surface area contributed by atoms with Crippen molar-refractivity contribution in [3.8, 4) is 22.4 Å². The van der Waals surface area contributed by atoms with Gasteiger partial charge in [-0.25, -0.2) is 4.98 Å². The summed E-state index contributed by atoms with van der Waals surface area (Å²) >= 11 is 0. The van der Waals surface area contributed by atoms with Crippen LogP contribution in [0.1, 0.15) is 11.4 Å². The number of aryl methyl sites for hydroxylation is 2.